The summed E-state index contributed by atoms with van der Waals surface area (Å²) in [6, 6.07) is 1.55. The Morgan fingerprint density at radius 1 is 1.28 bits per heavy atom. The van der Waals surface area contributed by atoms with Gasteiger partial charge in [0.25, 0.3) is 5.56 Å². The third kappa shape index (κ3) is 4.03. The van der Waals surface area contributed by atoms with Crippen molar-refractivity contribution < 1.29 is 4.79 Å². The Bertz CT molecular complexity index is 1190. The molecule has 0 radical (unpaired) electrons. The summed E-state index contributed by atoms with van der Waals surface area (Å²) in [6.45, 7) is 1.73. The van der Waals surface area contributed by atoms with Crippen molar-refractivity contribution in [3.05, 3.63) is 42.6 Å². The van der Waals surface area contributed by atoms with Gasteiger partial charge in [-0.3, -0.25) is 14.2 Å². The number of halogens is 2. The SMILES string of the molecule is Cc1nc(NC(=O)CSc2nc3sc4c(c3c(=O)n2C)CCCC4)c(Cl)cc1Cl. The fourth-order valence-corrected chi connectivity index (χ4v) is 5.82. The van der Waals surface area contributed by atoms with Crippen LogP contribution in [0.15, 0.2) is 16.0 Å². The molecule has 0 aromatic carbocycles. The highest BCUT2D eigenvalue weighted by atomic mass is 35.5. The van der Waals surface area contributed by atoms with Crippen LogP contribution in [0, 0.1) is 6.92 Å². The number of fused-ring (bicyclic) bond motifs is 3. The molecule has 6 nitrogen and oxygen atoms in total. The van der Waals surface area contributed by atoms with Crippen LogP contribution < -0.4 is 10.9 Å². The van der Waals surface area contributed by atoms with Crippen LogP contribution in [-0.4, -0.2) is 26.2 Å². The Hall–Kier alpha value is -1.61. The lowest BCUT2D eigenvalue weighted by Gasteiger charge is -2.11. The Kier molecular flexibility index (Phi) is 5.88. The van der Waals surface area contributed by atoms with E-state index in [0.717, 1.165) is 41.5 Å². The summed E-state index contributed by atoms with van der Waals surface area (Å²) in [7, 11) is 1.70. The highest BCUT2D eigenvalue weighted by Crippen LogP contribution is 2.34. The highest BCUT2D eigenvalue weighted by Gasteiger charge is 2.21. The maximum Gasteiger partial charge on any atom is 0.262 e. The number of hydrogen-bond donors (Lipinski definition) is 1. The van der Waals surface area contributed by atoms with Gasteiger partial charge in [-0.1, -0.05) is 35.0 Å². The van der Waals surface area contributed by atoms with Crippen LogP contribution in [0.5, 0.6) is 0 Å². The molecule has 0 saturated heterocycles. The Morgan fingerprint density at radius 3 is 2.83 bits per heavy atom. The number of carbonyl (C=O) groups excluding carboxylic acids is 1. The van der Waals surface area contributed by atoms with Gasteiger partial charge in [0.1, 0.15) is 4.83 Å². The molecule has 1 amide bonds. The van der Waals surface area contributed by atoms with Gasteiger partial charge in [0.05, 0.1) is 26.9 Å². The largest absolute Gasteiger partial charge is 0.309 e. The van der Waals surface area contributed by atoms with Crippen LogP contribution in [0.2, 0.25) is 10.0 Å². The first-order valence-corrected chi connectivity index (χ1v) is 11.7. The maximum absolute atomic E-state index is 12.9. The van der Waals surface area contributed by atoms with Crippen molar-refractivity contribution in [3.63, 3.8) is 0 Å². The third-order valence-electron chi connectivity index (χ3n) is 4.85. The number of amides is 1. The van der Waals surface area contributed by atoms with E-state index in [1.165, 1.54) is 21.2 Å². The molecule has 1 aliphatic carbocycles. The van der Waals surface area contributed by atoms with Crippen LogP contribution >= 0.6 is 46.3 Å². The summed E-state index contributed by atoms with van der Waals surface area (Å²) < 4.78 is 1.53. The molecule has 29 heavy (non-hydrogen) atoms. The second kappa shape index (κ2) is 8.26. The van der Waals surface area contributed by atoms with Crippen molar-refractivity contribution in [2.45, 2.75) is 37.8 Å². The number of nitrogens with zero attached hydrogens (tertiary/aromatic N) is 3. The molecule has 3 aromatic rings. The topological polar surface area (TPSA) is 76.9 Å². The molecular formula is C19H18Cl2N4O2S2. The molecule has 10 heteroatoms. The number of nitrogens with one attached hydrogen (secondary N) is 1. The van der Waals surface area contributed by atoms with E-state index in [1.807, 2.05) is 0 Å². The number of aryl methyl sites for hydroxylation is 3. The van der Waals surface area contributed by atoms with Gasteiger partial charge in [-0.15, -0.1) is 11.3 Å². The van der Waals surface area contributed by atoms with Crippen molar-refractivity contribution >= 4 is 68.2 Å². The number of rotatable bonds is 4. The zero-order valence-corrected chi connectivity index (χ0v) is 19.0. The van der Waals surface area contributed by atoms with Crippen LogP contribution in [-0.2, 0) is 24.7 Å². The van der Waals surface area contributed by atoms with Crippen molar-refractivity contribution in [1.29, 1.82) is 0 Å². The molecule has 0 fully saturated rings. The predicted octanol–water partition coefficient (Wildman–Crippen LogP) is 4.61. The molecule has 0 unspecified atom stereocenters. The van der Waals surface area contributed by atoms with E-state index < -0.39 is 0 Å². The van der Waals surface area contributed by atoms with Crippen molar-refractivity contribution in [3.8, 4) is 0 Å². The van der Waals surface area contributed by atoms with Gasteiger partial charge < -0.3 is 5.32 Å². The normalized spacial score (nSPS) is 13.5. The fourth-order valence-electron chi connectivity index (χ4n) is 3.34. The summed E-state index contributed by atoms with van der Waals surface area (Å²) in [5.41, 5.74) is 1.70. The lowest BCUT2D eigenvalue weighted by atomic mass is 9.97. The van der Waals surface area contributed by atoms with E-state index in [2.05, 4.69) is 15.3 Å². The molecule has 0 aliphatic heterocycles. The number of thiophene rings is 1. The summed E-state index contributed by atoms with van der Waals surface area (Å²) in [5, 5.41) is 4.66. The molecular weight excluding hydrogens is 451 g/mol. The maximum atomic E-state index is 12.9. The van der Waals surface area contributed by atoms with Crippen molar-refractivity contribution in [1.82, 2.24) is 14.5 Å². The highest BCUT2D eigenvalue weighted by molar-refractivity contribution is 7.99. The summed E-state index contributed by atoms with van der Waals surface area (Å²) in [4.78, 5) is 36.2. The van der Waals surface area contributed by atoms with Gasteiger partial charge in [-0.05, 0) is 44.2 Å². The standard InChI is InChI=1S/C19H18Cl2N4O2S2/c1-9-11(20)7-12(21)16(22-9)23-14(26)8-28-19-24-17-15(18(27)25(19)2)10-5-3-4-6-13(10)29-17/h7H,3-6,8H2,1-2H3,(H,22,23,26). The van der Waals surface area contributed by atoms with Crippen LogP contribution in [0.25, 0.3) is 10.2 Å². The van der Waals surface area contributed by atoms with Crippen molar-refractivity contribution in [2.75, 3.05) is 11.1 Å². The third-order valence-corrected chi connectivity index (χ3v) is 7.74. The predicted molar refractivity (Wildman–Crippen MR) is 120 cm³/mol. The van der Waals surface area contributed by atoms with Crippen LogP contribution in [0.4, 0.5) is 5.82 Å². The number of pyridine rings is 1. The first kappa shape index (κ1) is 20.7. The lowest BCUT2D eigenvalue weighted by molar-refractivity contribution is -0.113. The Balaban J connectivity index is 1.54. The Morgan fingerprint density at radius 2 is 2.03 bits per heavy atom. The zero-order valence-electron chi connectivity index (χ0n) is 15.8. The van der Waals surface area contributed by atoms with E-state index in [-0.39, 0.29) is 28.1 Å². The van der Waals surface area contributed by atoms with Crippen molar-refractivity contribution in [2.24, 2.45) is 7.05 Å². The number of aromatic nitrogens is 3. The Labute approximate surface area is 185 Å². The van der Waals surface area contributed by atoms with Gasteiger partial charge in [0.2, 0.25) is 5.91 Å². The lowest BCUT2D eigenvalue weighted by Crippen LogP contribution is -2.22. The minimum atomic E-state index is -0.286. The molecule has 0 saturated carbocycles. The second-order valence-corrected chi connectivity index (χ2v) is 9.71. The minimum Gasteiger partial charge on any atom is -0.309 e. The zero-order chi connectivity index (χ0) is 20.7. The molecule has 152 valence electrons. The monoisotopic (exact) mass is 468 g/mol. The molecule has 1 N–H and O–H groups in total. The fraction of sp³-hybridized carbons (Fsp3) is 0.368. The first-order chi connectivity index (χ1) is 13.8. The number of carbonyl (C=O) groups is 1. The average Bonchev–Trinajstić information content (AvgIpc) is 3.06. The quantitative estimate of drug-likeness (QED) is 0.446. The molecule has 0 atom stereocenters. The smallest absolute Gasteiger partial charge is 0.262 e. The van der Waals surface area contributed by atoms with Gasteiger partial charge in [-0.25, -0.2) is 9.97 Å². The number of anilines is 1. The van der Waals surface area contributed by atoms with Gasteiger partial charge >= 0.3 is 0 Å². The average molecular weight is 469 g/mol. The molecule has 3 aromatic heterocycles. The molecule has 0 bridgehead atoms. The molecule has 0 spiro atoms. The van der Waals surface area contributed by atoms with E-state index in [9.17, 15) is 9.59 Å². The first-order valence-electron chi connectivity index (χ1n) is 9.11. The molecule has 4 rings (SSSR count). The van der Waals surface area contributed by atoms with Gasteiger partial charge in [-0.2, -0.15) is 0 Å². The van der Waals surface area contributed by atoms with Crippen LogP contribution in [0.1, 0.15) is 29.0 Å². The molecule has 1 aliphatic rings. The van der Waals surface area contributed by atoms with Crippen LogP contribution in [0.3, 0.4) is 0 Å². The summed E-state index contributed by atoms with van der Waals surface area (Å²) in [5.74, 6) is 0.0599. The minimum absolute atomic E-state index is 0.0460. The van der Waals surface area contributed by atoms with E-state index in [4.69, 9.17) is 23.2 Å². The van der Waals surface area contributed by atoms with Gasteiger partial charge in [0.15, 0.2) is 11.0 Å². The molecule has 3 heterocycles. The van der Waals surface area contributed by atoms with Gasteiger partial charge in [0, 0.05) is 11.9 Å². The van der Waals surface area contributed by atoms with E-state index >= 15 is 0 Å². The van der Waals surface area contributed by atoms with E-state index in [0.29, 0.717) is 15.9 Å². The summed E-state index contributed by atoms with van der Waals surface area (Å²) in [6.07, 6.45) is 4.22. The second-order valence-electron chi connectivity index (χ2n) is 6.87. The number of hydrogen-bond acceptors (Lipinski definition) is 6. The van der Waals surface area contributed by atoms with E-state index in [1.54, 1.807) is 31.4 Å². The summed E-state index contributed by atoms with van der Waals surface area (Å²) >= 11 is 14.9. The number of thioether (sulfide) groups is 1.